The van der Waals surface area contributed by atoms with Crippen LogP contribution in [0.1, 0.15) is 35.6 Å². The van der Waals surface area contributed by atoms with Crippen molar-refractivity contribution in [3.05, 3.63) is 47.0 Å². The van der Waals surface area contributed by atoms with Gasteiger partial charge < -0.3 is 24.3 Å². The standard InChI is InChI=1S/C22H25NO5/c1-25-18-7-6-14(10-19(18)26-2)11-22(24)23-17-5-3-4-15-12-20-21(13-16(15)17)28-9-8-27-20/h6-7,10,12-13,17H,3-5,8-9,11H2,1-2H3,(H,23,24). The number of aryl methyl sites for hydroxylation is 1. The second-order valence-corrected chi connectivity index (χ2v) is 7.07. The Morgan fingerprint density at radius 1 is 1.07 bits per heavy atom. The number of rotatable bonds is 5. The minimum atomic E-state index is -0.0139. The van der Waals surface area contributed by atoms with E-state index < -0.39 is 0 Å². The molecular formula is C22H25NO5. The minimum absolute atomic E-state index is 0.00720. The molecule has 2 aromatic carbocycles. The molecule has 148 valence electrons. The van der Waals surface area contributed by atoms with Gasteiger partial charge in [-0.05, 0) is 60.2 Å². The molecule has 6 heteroatoms. The lowest BCUT2D eigenvalue weighted by Crippen LogP contribution is -2.32. The molecule has 28 heavy (non-hydrogen) atoms. The topological polar surface area (TPSA) is 66.0 Å². The van der Waals surface area contributed by atoms with E-state index in [-0.39, 0.29) is 18.4 Å². The molecule has 0 saturated carbocycles. The molecule has 1 heterocycles. The quantitative estimate of drug-likeness (QED) is 0.859. The van der Waals surface area contributed by atoms with Gasteiger partial charge in [0.05, 0.1) is 26.7 Å². The third-order valence-electron chi connectivity index (χ3n) is 5.27. The summed E-state index contributed by atoms with van der Waals surface area (Å²) in [5.74, 6) is 2.84. The normalized spacial score (nSPS) is 17.4. The van der Waals surface area contributed by atoms with Crippen LogP contribution in [0.5, 0.6) is 23.0 Å². The van der Waals surface area contributed by atoms with Crippen molar-refractivity contribution in [2.45, 2.75) is 31.7 Å². The molecule has 0 fully saturated rings. The summed E-state index contributed by atoms with van der Waals surface area (Å²) in [6.07, 6.45) is 3.24. The lowest BCUT2D eigenvalue weighted by Gasteiger charge is -2.29. The van der Waals surface area contributed by atoms with Gasteiger partial charge in [-0.2, -0.15) is 0 Å². The number of amides is 1. The predicted octanol–water partition coefficient (Wildman–Crippen LogP) is 3.21. The molecule has 1 N–H and O–H groups in total. The van der Waals surface area contributed by atoms with Crippen LogP contribution < -0.4 is 24.3 Å². The van der Waals surface area contributed by atoms with E-state index in [1.165, 1.54) is 5.56 Å². The smallest absolute Gasteiger partial charge is 0.224 e. The third kappa shape index (κ3) is 3.72. The van der Waals surface area contributed by atoms with Gasteiger partial charge >= 0.3 is 0 Å². The van der Waals surface area contributed by atoms with Crippen molar-refractivity contribution in [3.63, 3.8) is 0 Å². The molecule has 0 aromatic heterocycles. The molecular weight excluding hydrogens is 358 g/mol. The fourth-order valence-corrected chi connectivity index (χ4v) is 3.91. The molecule has 1 atom stereocenters. The molecule has 0 spiro atoms. The summed E-state index contributed by atoms with van der Waals surface area (Å²) in [5.41, 5.74) is 3.25. The summed E-state index contributed by atoms with van der Waals surface area (Å²) in [4.78, 5) is 12.7. The summed E-state index contributed by atoms with van der Waals surface area (Å²) in [6.45, 7) is 1.14. The Morgan fingerprint density at radius 3 is 2.57 bits per heavy atom. The molecule has 2 aliphatic rings. The van der Waals surface area contributed by atoms with Crippen molar-refractivity contribution in [1.82, 2.24) is 5.32 Å². The molecule has 1 amide bonds. The first-order chi connectivity index (χ1) is 13.7. The van der Waals surface area contributed by atoms with E-state index in [9.17, 15) is 4.79 Å². The maximum Gasteiger partial charge on any atom is 0.224 e. The monoisotopic (exact) mass is 383 g/mol. The lowest BCUT2D eigenvalue weighted by molar-refractivity contribution is -0.121. The first-order valence-corrected chi connectivity index (χ1v) is 9.60. The fourth-order valence-electron chi connectivity index (χ4n) is 3.91. The second-order valence-electron chi connectivity index (χ2n) is 7.07. The van der Waals surface area contributed by atoms with Crippen LogP contribution in [0.25, 0.3) is 0 Å². The highest BCUT2D eigenvalue weighted by Crippen LogP contribution is 2.39. The van der Waals surface area contributed by atoms with Crippen LogP contribution in [-0.2, 0) is 17.6 Å². The van der Waals surface area contributed by atoms with Gasteiger partial charge in [-0.25, -0.2) is 0 Å². The van der Waals surface area contributed by atoms with Crippen LogP contribution >= 0.6 is 0 Å². The van der Waals surface area contributed by atoms with Crippen molar-refractivity contribution in [1.29, 1.82) is 0 Å². The van der Waals surface area contributed by atoms with Crippen molar-refractivity contribution < 1.29 is 23.7 Å². The minimum Gasteiger partial charge on any atom is -0.493 e. The zero-order valence-electron chi connectivity index (χ0n) is 16.2. The third-order valence-corrected chi connectivity index (χ3v) is 5.27. The van der Waals surface area contributed by atoms with E-state index >= 15 is 0 Å². The molecule has 0 bridgehead atoms. The number of carbonyl (C=O) groups is 1. The largest absolute Gasteiger partial charge is 0.493 e. The highest BCUT2D eigenvalue weighted by Gasteiger charge is 2.25. The van der Waals surface area contributed by atoms with E-state index in [0.29, 0.717) is 24.7 Å². The zero-order chi connectivity index (χ0) is 19.5. The molecule has 1 aliphatic heterocycles. The predicted molar refractivity (Wildman–Crippen MR) is 105 cm³/mol. The van der Waals surface area contributed by atoms with Crippen LogP contribution in [0.3, 0.4) is 0 Å². The second kappa shape index (κ2) is 8.00. The average Bonchev–Trinajstić information content (AvgIpc) is 2.72. The maximum absolute atomic E-state index is 12.7. The zero-order valence-corrected chi connectivity index (χ0v) is 16.2. The molecule has 0 saturated heterocycles. The van der Waals surface area contributed by atoms with Crippen LogP contribution in [-0.4, -0.2) is 33.3 Å². The van der Waals surface area contributed by atoms with Crippen molar-refractivity contribution >= 4 is 5.91 Å². The van der Waals surface area contributed by atoms with Crippen molar-refractivity contribution in [3.8, 4) is 23.0 Å². The number of hydrogen-bond acceptors (Lipinski definition) is 5. The number of fused-ring (bicyclic) bond motifs is 2. The Labute approximate surface area is 164 Å². The van der Waals surface area contributed by atoms with Gasteiger partial charge in [0.15, 0.2) is 23.0 Å². The molecule has 6 nitrogen and oxygen atoms in total. The highest BCUT2D eigenvalue weighted by molar-refractivity contribution is 5.79. The van der Waals surface area contributed by atoms with Gasteiger partial charge in [-0.15, -0.1) is 0 Å². The van der Waals surface area contributed by atoms with Gasteiger partial charge in [-0.3, -0.25) is 4.79 Å². The van der Waals surface area contributed by atoms with E-state index in [1.54, 1.807) is 14.2 Å². The first kappa shape index (κ1) is 18.5. The summed E-state index contributed by atoms with van der Waals surface area (Å²) in [6, 6.07) is 9.64. The molecule has 0 radical (unpaired) electrons. The van der Waals surface area contributed by atoms with Gasteiger partial charge in [0.25, 0.3) is 0 Å². The molecule has 1 aliphatic carbocycles. The number of hydrogen-bond donors (Lipinski definition) is 1. The Kier molecular flexibility index (Phi) is 5.28. The number of carbonyl (C=O) groups excluding carboxylic acids is 1. The van der Waals surface area contributed by atoms with Crippen LogP contribution in [0.2, 0.25) is 0 Å². The van der Waals surface area contributed by atoms with Crippen molar-refractivity contribution in [2.24, 2.45) is 0 Å². The molecule has 1 unspecified atom stereocenters. The Bertz CT molecular complexity index is 879. The summed E-state index contributed by atoms with van der Waals surface area (Å²) < 4.78 is 22.0. The maximum atomic E-state index is 12.7. The number of benzene rings is 2. The first-order valence-electron chi connectivity index (χ1n) is 9.60. The van der Waals surface area contributed by atoms with Gasteiger partial charge in [-0.1, -0.05) is 6.07 Å². The van der Waals surface area contributed by atoms with E-state index in [0.717, 1.165) is 41.9 Å². The number of ether oxygens (including phenoxy) is 4. The summed E-state index contributed by atoms with van der Waals surface area (Å²) in [5, 5.41) is 3.19. The van der Waals surface area contributed by atoms with E-state index in [1.807, 2.05) is 24.3 Å². The van der Waals surface area contributed by atoms with Gasteiger partial charge in [0.2, 0.25) is 5.91 Å². The summed E-state index contributed by atoms with van der Waals surface area (Å²) in [7, 11) is 3.19. The number of methoxy groups -OCH3 is 2. The van der Waals surface area contributed by atoms with Gasteiger partial charge in [0.1, 0.15) is 13.2 Å². The highest BCUT2D eigenvalue weighted by atomic mass is 16.6. The summed E-state index contributed by atoms with van der Waals surface area (Å²) >= 11 is 0. The molecule has 4 rings (SSSR count). The van der Waals surface area contributed by atoms with Crippen LogP contribution in [0, 0.1) is 0 Å². The Balaban J connectivity index is 1.49. The van der Waals surface area contributed by atoms with Crippen molar-refractivity contribution in [2.75, 3.05) is 27.4 Å². The van der Waals surface area contributed by atoms with Crippen LogP contribution in [0.15, 0.2) is 30.3 Å². The average molecular weight is 383 g/mol. The number of nitrogens with one attached hydrogen (secondary N) is 1. The fraction of sp³-hybridized carbons (Fsp3) is 0.409. The Morgan fingerprint density at radius 2 is 1.82 bits per heavy atom. The SMILES string of the molecule is COc1ccc(CC(=O)NC2CCCc3cc4c(cc32)OCCO4)cc1OC. The Hall–Kier alpha value is -2.89. The van der Waals surface area contributed by atoms with E-state index in [2.05, 4.69) is 11.4 Å². The van der Waals surface area contributed by atoms with E-state index in [4.69, 9.17) is 18.9 Å². The van der Waals surface area contributed by atoms with Crippen LogP contribution in [0.4, 0.5) is 0 Å². The lowest BCUT2D eigenvalue weighted by atomic mass is 9.87. The van der Waals surface area contributed by atoms with Gasteiger partial charge in [0, 0.05) is 0 Å². The molecule has 2 aromatic rings.